The monoisotopic (exact) mass is 197 g/mol. The van der Waals surface area contributed by atoms with E-state index < -0.39 is 0 Å². The van der Waals surface area contributed by atoms with Crippen LogP contribution in [0.1, 0.15) is 30.4 Å². The molecule has 14 heavy (non-hydrogen) atoms. The lowest BCUT2D eigenvalue weighted by atomic mass is 9.96. The van der Waals surface area contributed by atoms with E-state index >= 15 is 0 Å². The quantitative estimate of drug-likeness (QED) is 0.772. The first-order valence-electron chi connectivity index (χ1n) is 4.78. The highest BCUT2D eigenvalue weighted by Gasteiger charge is 2.07. The molecule has 0 saturated heterocycles. The summed E-state index contributed by atoms with van der Waals surface area (Å²) in [5.41, 5.74) is 6.83. The summed E-state index contributed by atoms with van der Waals surface area (Å²) in [6.45, 7) is 2.41. The summed E-state index contributed by atoms with van der Waals surface area (Å²) in [4.78, 5) is 0. The Morgan fingerprint density at radius 2 is 2.21 bits per heavy atom. The van der Waals surface area contributed by atoms with Crippen LogP contribution in [0.3, 0.4) is 0 Å². The first-order valence-corrected chi connectivity index (χ1v) is 4.78. The highest BCUT2D eigenvalue weighted by molar-refractivity contribution is 5.27. The predicted octanol–water partition coefficient (Wildman–Crippen LogP) is 1.77. The van der Waals surface area contributed by atoms with Gasteiger partial charge in [0, 0.05) is 5.56 Å². The summed E-state index contributed by atoms with van der Waals surface area (Å²) in [7, 11) is 0. The van der Waals surface area contributed by atoms with Crippen molar-refractivity contribution in [2.45, 2.75) is 25.9 Å². The molecule has 1 rings (SSSR count). The van der Waals surface area contributed by atoms with Gasteiger partial charge in [-0.2, -0.15) is 0 Å². The van der Waals surface area contributed by atoms with Crippen LogP contribution in [-0.4, -0.2) is 11.7 Å². The topological polar surface area (TPSA) is 46.2 Å². The van der Waals surface area contributed by atoms with Crippen LogP contribution >= 0.6 is 0 Å². The van der Waals surface area contributed by atoms with Crippen molar-refractivity contribution < 1.29 is 9.50 Å². The molecule has 0 fully saturated rings. The van der Waals surface area contributed by atoms with Gasteiger partial charge in [0.1, 0.15) is 5.82 Å². The average Bonchev–Trinajstić information content (AvgIpc) is 2.19. The molecule has 0 saturated carbocycles. The summed E-state index contributed by atoms with van der Waals surface area (Å²) >= 11 is 0. The fraction of sp³-hybridized carbons (Fsp3) is 0.455. The Balaban J connectivity index is 2.88. The van der Waals surface area contributed by atoms with Gasteiger partial charge in [0.05, 0.1) is 6.61 Å². The van der Waals surface area contributed by atoms with E-state index in [4.69, 9.17) is 10.8 Å². The lowest BCUT2D eigenvalue weighted by Crippen LogP contribution is -2.05. The van der Waals surface area contributed by atoms with Crippen LogP contribution in [0.25, 0.3) is 0 Å². The van der Waals surface area contributed by atoms with E-state index in [1.807, 2.05) is 6.92 Å². The normalized spacial score (nSPS) is 12.9. The fourth-order valence-electron chi connectivity index (χ4n) is 1.44. The molecule has 2 nitrogen and oxygen atoms in total. The van der Waals surface area contributed by atoms with Crippen molar-refractivity contribution in [3.63, 3.8) is 0 Å². The van der Waals surface area contributed by atoms with Crippen molar-refractivity contribution in [1.29, 1.82) is 0 Å². The highest BCUT2D eigenvalue weighted by Crippen LogP contribution is 2.21. The summed E-state index contributed by atoms with van der Waals surface area (Å²) in [5, 5.41) is 8.89. The van der Waals surface area contributed by atoms with Gasteiger partial charge in [-0.15, -0.1) is 0 Å². The molecule has 0 radical (unpaired) electrons. The third-order valence-electron chi connectivity index (χ3n) is 2.41. The molecule has 1 atom stereocenters. The van der Waals surface area contributed by atoms with Gasteiger partial charge < -0.3 is 10.8 Å². The van der Waals surface area contributed by atoms with E-state index in [1.165, 1.54) is 6.07 Å². The minimum Gasteiger partial charge on any atom is -0.392 e. The Morgan fingerprint density at radius 3 is 2.79 bits per heavy atom. The Morgan fingerprint density at radius 1 is 1.50 bits per heavy atom. The van der Waals surface area contributed by atoms with Crippen LogP contribution in [0.5, 0.6) is 0 Å². The van der Waals surface area contributed by atoms with Crippen LogP contribution < -0.4 is 5.73 Å². The maximum Gasteiger partial charge on any atom is 0.128 e. The first-order chi connectivity index (χ1) is 6.69. The van der Waals surface area contributed by atoms with Crippen molar-refractivity contribution >= 4 is 0 Å². The maximum absolute atomic E-state index is 13.0. The Labute approximate surface area is 83.6 Å². The Bertz CT molecular complexity index is 301. The molecule has 78 valence electrons. The van der Waals surface area contributed by atoms with Crippen LogP contribution in [0, 0.1) is 5.82 Å². The molecule has 0 amide bonds. The largest absolute Gasteiger partial charge is 0.392 e. The summed E-state index contributed by atoms with van der Waals surface area (Å²) in [6.07, 6.45) is 0.872. The van der Waals surface area contributed by atoms with E-state index in [0.717, 1.165) is 12.0 Å². The van der Waals surface area contributed by atoms with Gasteiger partial charge in [-0.25, -0.2) is 4.39 Å². The van der Waals surface area contributed by atoms with E-state index in [9.17, 15) is 4.39 Å². The molecule has 0 aliphatic rings. The van der Waals surface area contributed by atoms with Gasteiger partial charge in [-0.3, -0.25) is 0 Å². The van der Waals surface area contributed by atoms with Gasteiger partial charge >= 0.3 is 0 Å². The number of aliphatic hydroxyl groups excluding tert-OH is 1. The van der Waals surface area contributed by atoms with Crippen molar-refractivity contribution in [1.82, 2.24) is 0 Å². The van der Waals surface area contributed by atoms with Crippen LogP contribution in [-0.2, 0) is 6.61 Å². The minimum atomic E-state index is -0.351. The average molecular weight is 197 g/mol. The molecule has 1 aromatic carbocycles. The zero-order chi connectivity index (χ0) is 10.6. The van der Waals surface area contributed by atoms with E-state index in [0.29, 0.717) is 18.0 Å². The molecule has 0 aromatic heterocycles. The lowest BCUT2D eigenvalue weighted by molar-refractivity contribution is 0.275. The van der Waals surface area contributed by atoms with Crippen molar-refractivity contribution in [3.05, 3.63) is 35.1 Å². The Kier molecular flexibility index (Phi) is 4.04. The maximum atomic E-state index is 13.0. The molecule has 3 N–H and O–H groups in total. The van der Waals surface area contributed by atoms with Gasteiger partial charge in [0.15, 0.2) is 0 Å². The van der Waals surface area contributed by atoms with Gasteiger partial charge in [-0.05, 0) is 30.5 Å². The van der Waals surface area contributed by atoms with E-state index in [2.05, 4.69) is 0 Å². The lowest BCUT2D eigenvalue weighted by Gasteiger charge is -2.11. The minimum absolute atomic E-state index is 0.255. The van der Waals surface area contributed by atoms with Crippen molar-refractivity contribution in [3.8, 4) is 0 Å². The van der Waals surface area contributed by atoms with Crippen LogP contribution in [0.4, 0.5) is 4.39 Å². The number of benzene rings is 1. The van der Waals surface area contributed by atoms with Crippen molar-refractivity contribution in [2.24, 2.45) is 5.73 Å². The highest BCUT2D eigenvalue weighted by atomic mass is 19.1. The molecular formula is C11H16FNO. The van der Waals surface area contributed by atoms with E-state index in [-0.39, 0.29) is 12.4 Å². The second-order valence-electron chi connectivity index (χ2n) is 3.49. The summed E-state index contributed by atoms with van der Waals surface area (Å²) in [6, 6.07) is 4.85. The van der Waals surface area contributed by atoms with Crippen molar-refractivity contribution in [2.75, 3.05) is 6.54 Å². The Hall–Kier alpha value is -0.930. The molecule has 0 heterocycles. The van der Waals surface area contributed by atoms with Crippen LogP contribution in [0.2, 0.25) is 0 Å². The van der Waals surface area contributed by atoms with Gasteiger partial charge in [0.2, 0.25) is 0 Å². The zero-order valence-corrected chi connectivity index (χ0v) is 8.33. The molecule has 0 bridgehead atoms. The second-order valence-corrected chi connectivity index (χ2v) is 3.49. The first kappa shape index (κ1) is 11.1. The second kappa shape index (κ2) is 5.08. The molecule has 1 aromatic rings. The van der Waals surface area contributed by atoms with Gasteiger partial charge in [-0.1, -0.05) is 19.1 Å². The number of halogens is 1. The molecule has 3 heteroatoms. The molecule has 0 aliphatic carbocycles. The fourth-order valence-corrected chi connectivity index (χ4v) is 1.44. The standard InChI is InChI=1S/C11H16FNO/c1-8(4-5-13)9-2-3-11(12)10(6-9)7-14/h2-3,6,8,14H,4-5,7,13H2,1H3. The number of rotatable bonds is 4. The number of hydrogen-bond acceptors (Lipinski definition) is 2. The smallest absolute Gasteiger partial charge is 0.128 e. The third kappa shape index (κ3) is 2.53. The van der Waals surface area contributed by atoms with E-state index in [1.54, 1.807) is 12.1 Å². The molecular weight excluding hydrogens is 181 g/mol. The number of aliphatic hydroxyl groups is 1. The summed E-state index contributed by atoms with van der Waals surface area (Å²) in [5.74, 6) is -0.0397. The zero-order valence-electron chi connectivity index (χ0n) is 8.33. The molecule has 0 spiro atoms. The predicted molar refractivity (Wildman–Crippen MR) is 54.4 cm³/mol. The third-order valence-corrected chi connectivity index (χ3v) is 2.41. The molecule has 0 aliphatic heterocycles. The SMILES string of the molecule is CC(CCN)c1ccc(F)c(CO)c1. The molecule has 1 unspecified atom stereocenters. The summed E-state index contributed by atoms with van der Waals surface area (Å²) < 4.78 is 13.0. The van der Waals surface area contributed by atoms with Crippen LogP contribution in [0.15, 0.2) is 18.2 Å². The van der Waals surface area contributed by atoms with Gasteiger partial charge in [0.25, 0.3) is 0 Å². The number of nitrogens with two attached hydrogens (primary N) is 1. The number of hydrogen-bond donors (Lipinski definition) is 2.